The topological polar surface area (TPSA) is 34.5 Å². The molecule has 0 atom stereocenters. The maximum Gasteiger partial charge on any atom is 0.277 e. The molecule has 0 saturated heterocycles. The van der Waals surface area contributed by atoms with E-state index in [0.29, 0.717) is 11.1 Å². The van der Waals surface area contributed by atoms with Crippen molar-refractivity contribution in [2.75, 3.05) is 0 Å². The number of rotatable bonds is 5. The predicted molar refractivity (Wildman–Crippen MR) is 70.3 cm³/mol. The van der Waals surface area contributed by atoms with Gasteiger partial charge in [-0.3, -0.25) is 4.98 Å². The fourth-order valence-corrected chi connectivity index (χ4v) is 3.85. The Morgan fingerprint density at radius 2 is 1.94 bits per heavy atom. The minimum absolute atomic E-state index is 0.598. The van der Waals surface area contributed by atoms with Crippen LogP contribution in [0.4, 0.5) is 0 Å². The van der Waals surface area contributed by atoms with Gasteiger partial charge in [0, 0.05) is 6.20 Å². The molecule has 1 aromatic heterocycles. The van der Waals surface area contributed by atoms with E-state index in [-0.39, 0.29) is 0 Å². The van der Waals surface area contributed by atoms with Crippen LogP contribution in [0.3, 0.4) is 0 Å². The van der Waals surface area contributed by atoms with Crippen molar-refractivity contribution in [2.45, 2.75) is 38.8 Å². The van der Waals surface area contributed by atoms with Crippen molar-refractivity contribution in [3.05, 3.63) is 30.1 Å². The molecule has 0 aliphatic heterocycles. The molecule has 1 rings (SSSR count). The third-order valence-corrected chi connectivity index (χ3v) is 5.36. The molecule has 0 unspecified atom stereocenters. The molecule has 0 fully saturated rings. The molecule has 0 N–H and O–H groups in total. The Balaban J connectivity index is 2.52. The van der Waals surface area contributed by atoms with E-state index >= 15 is 0 Å². The molecule has 0 amide bonds. The summed E-state index contributed by atoms with van der Waals surface area (Å²) < 4.78 is 5.64. The van der Waals surface area contributed by atoms with Crippen LogP contribution in [0.15, 0.2) is 29.6 Å². The van der Waals surface area contributed by atoms with Crippen LogP contribution in [-0.4, -0.2) is 20.2 Å². The highest BCUT2D eigenvalue weighted by molar-refractivity contribution is 6.54. The monoisotopic (exact) mass is 236 g/mol. The molecule has 0 bridgehead atoms. The standard InChI is InChI=1S/C12H20N2OSi/c1-10(2)16(11(3)4)15-14-9-12-7-5-6-8-13-12/h5-11,16H,1-4H3. The second kappa shape index (κ2) is 6.43. The first-order valence-corrected chi connectivity index (χ1v) is 7.52. The van der Waals surface area contributed by atoms with Gasteiger partial charge in [0.15, 0.2) is 0 Å². The summed E-state index contributed by atoms with van der Waals surface area (Å²) in [7, 11) is -1.25. The summed E-state index contributed by atoms with van der Waals surface area (Å²) in [4.78, 5) is 4.15. The van der Waals surface area contributed by atoms with Gasteiger partial charge in [0.05, 0.1) is 11.9 Å². The third-order valence-electron chi connectivity index (χ3n) is 2.37. The van der Waals surface area contributed by atoms with E-state index < -0.39 is 9.04 Å². The van der Waals surface area contributed by atoms with Crippen LogP contribution in [0, 0.1) is 0 Å². The molecule has 0 spiro atoms. The number of hydrogen-bond acceptors (Lipinski definition) is 3. The van der Waals surface area contributed by atoms with Crippen LogP contribution < -0.4 is 0 Å². The van der Waals surface area contributed by atoms with Gasteiger partial charge in [0.1, 0.15) is 0 Å². The fourth-order valence-electron chi connectivity index (χ4n) is 1.62. The second-order valence-corrected chi connectivity index (χ2v) is 8.35. The summed E-state index contributed by atoms with van der Waals surface area (Å²) in [6.45, 7) is 8.81. The molecule has 16 heavy (non-hydrogen) atoms. The molecule has 1 aromatic rings. The lowest BCUT2D eigenvalue weighted by Gasteiger charge is -2.19. The summed E-state index contributed by atoms with van der Waals surface area (Å²) in [5.41, 5.74) is 2.03. The Bertz CT molecular complexity index is 317. The normalized spacial score (nSPS) is 11.9. The second-order valence-electron chi connectivity index (χ2n) is 4.55. The molecule has 0 saturated carbocycles. The number of aromatic nitrogens is 1. The smallest absolute Gasteiger partial charge is 0.277 e. The van der Waals surface area contributed by atoms with Gasteiger partial charge in [-0.05, 0) is 23.2 Å². The maximum absolute atomic E-state index is 5.64. The molecule has 88 valence electrons. The molecule has 4 heteroatoms. The zero-order chi connectivity index (χ0) is 12.0. The van der Waals surface area contributed by atoms with E-state index in [2.05, 4.69) is 37.8 Å². The van der Waals surface area contributed by atoms with Crippen molar-refractivity contribution < 1.29 is 4.53 Å². The molecule has 0 aromatic carbocycles. The highest BCUT2D eigenvalue weighted by Crippen LogP contribution is 2.20. The quantitative estimate of drug-likeness (QED) is 0.447. The summed E-state index contributed by atoms with van der Waals surface area (Å²) in [5.74, 6) is 0. The molecule has 0 aliphatic rings. The van der Waals surface area contributed by atoms with Gasteiger partial charge in [-0.15, -0.1) is 5.16 Å². The Hall–Kier alpha value is -1.16. The van der Waals surface area contributed by atoms with Crippen LogP contribution in [0.2, 0.25) is 11.1 Å². The van der Waals surface area contributed by atoms with Crippen molar-refractivity contribution in [2.24, 2.45) is 5.16 Å². The minimum Gasteiger partial charge on any atom is -0.458 e. The lowest BCUT2D eigenvalue weighted by atomic mass is 10.4. The lowest BCUT2D eigenvalue weighted by molar-refractivity contribution is 0.332. The molecular formula is C12H20N2OSi. The van der Waals surface area contributed by atoms with Gasteiger partial charge >= 0.3 is 0 Å². The molecule has 0 radical (unpaired) electrons. The van der Waals surface area contributed by atoms with E-state index in [9.17, 15) is 0 Å². The van der Waals surface area contributed by atoms with Crippen molar-refractivity contribution in [1.29, 1.82) is 0 Å². The number of hydrogen-bond donors (Lipinski definition) is 0. The highest BCUT2D eigenvalue weighted by Gasteiger charge is 2.22. The first-order valence-electron chi connectivity index (χ1n) is 5.71. The summed E-state index contributed by atoms with van der Waals surface area (Å²) in [6, 6.07) is 5.74. The van der Waals surface area contributed by atoms with Crippen LogP contribution in [0.5, 0.6) is 0 Å². The van der Waals surface area contributed by atoms with E-state index in [4.69, 9.17) is 4.53 Å². The van der Waals surface area contributed by atoms with Crippen molar-refractivity contribution >= 4 is 15.3 Å². The average molecular weight is 236 g/mol. The summed E-state index contributed by atoms with van der Waals surface area (Å²) in [6.07, 6.45) is 3.44. The first-order chi connectivity index (χ1) is 7.61. The van der Waals surface area contributed by atoms with Gasteiger partial charge in [-0.1, -0.05) is 33.8 Å². The van der Waals surface area contributed by atoms with Crippen LogP contribution in [0.25, 0.3) is 0 Å². The summed E-state index contributed by atoms with van der Waals surface area (Å²) in [5, 5.41) is 4.06. The van der Waals surface area contributed by atoms with E-state index in [1.54, 1.807) is 12.4 Å². The number of pyridine rings is 1. The third kappa shape index (κ3) is 4.14. The maximum atomic E-state index is 5.64. The van der Waals surface area contributed by atoms with Crippen LogP contribution in [0.1, 0.15) is 33.4 Å². The Morgan fingerprint density at radius 3 is 2.44 bits per heavy atom. The molecule has 3 nitrogen and oxygen atoms in total. The van der Waals surface area contributed by atoms with E-state index in [1.165, 1.54) is 0 Å². The fraction of sp³-hybridized carbons (Fsp3) is 0.500. The minimum atomic E-state index is -1.25. The van der Waals surface area contributed by atoms with Crippen molar-refractivity contribution in [1.82, 2.24) is 4.98 Å². The average Bonchev–Trinajstić information content (AvgIpc) is 2.24. The van der Waals surface area contributed by atoms with Gasteiger partial charge in [0.25, 0.3) is 9.04 Å². The van der Waals surface area contributed by atoms with Crippen LogP contribution in [-0.2, 0) is 4.53 Å². The first kappa shape index (κ1) is 12.9. The largest absolute Gasteiger partial charge is 0.458 e. The van der Waals surface area contributed by atoms with Gasteiger partial charge in [0.2, 0.25) is 0 Å². The summed E-state index contributed by atoms with van der Waals surface area (Å²) >= 11 is 0. The van der Waals surface area contributed by atoms with Gasteiger partial charge < -0.3 is 4.53 Å². The van der Waals surface area contributed by atoms with Gasteiger partial charge in [-0.2, -0.15) is 0 Å². The van der Waals surface area contributed by atoms with Crippen LogP contribution >= 0.6 is 0 Å². The highest BCUT2D eigenvalue weighted by atomic mass is 28.3. The zero-order valence-corrected chi connectivity index (χ0v) is 11.6. The Morgan fingerprint density at radius 1 is 1.25 bits per heavy atom. The van der Waals surface area contributed by atoms with E-state index in [1.807, 2.05) is 18.2 Å². The van der Waals surface area contributed by atoms with E-state index in [0.717, 1.165) is 5.69 Å². The zero-order valence-electron chi connectivity index (χ0n) is 10.4. The predicted octanol–water partition coefficient (Wildman–Crippen LogP) is 2.98. The van der Waals surface area contributed by atoms with Crippen molar-refractivity contribution in [3.8, 4) is 0 Å². The Kier molecular flexibility index (Phi) is 5.18. The Labute approximate surface area is 99.3 Å². The SMILES string of the molecule is CC(C)[SiH](ON=Cc1ccccn1)C(C)C. The number of oxime groups is 1. The number of nitrogens with zero attached hydrogens (tertiary/aromatic N) is 2. The molecule has 0 aliphatic carbocycles. The lowest BCUT2D eigenvalue weighted by Crippen LogP contribution is -2.23. The molecule has 1 heterocycles. The van der Waals surface area contributed by atoms with Gasteiger partial charge in [-0.25, -0.2) is 0 Å². The molecular weight excluding hydrogens is 216 g/mol. The van der Waals surface area contributed by atoms with Crippen molar-refractivity contribution in [3.63, 3.8) is 0 Å².